The minimum atomic E-state index is -0.899. The summed E-state index contributed by atoms with van der Waals surface area (Å²) >= 11 is 0. The van der Waals surface area contributed by atoms with E-state index in [1.807, 2.05) is 0 Å². The molecule has 0 atom stereocenters. The van der Waals surface area contributed by atoms with Crippen LogP contribution in [0, 0.1) is 5.41 Å². The highest BCUT2D eigenvalue weighted by Gasteiger charge is 2.37. The van der Waals surface area contributed by atoms with Crippen molar-refractivity contribution in [1.82, 2.24) is 15.3 Å². The molecule has 0 radical (unpaired) electrons. The summed E-state index contributed by atoms with van der Waals surface area (Å²) in [5.74, 6) is 1.74. The molecular formula is C18H23FN4O2. The van der Waals surface area contributed by atoms with E-state index in [1.54, 1.807) is 18.5 Å². The lowest BCUT2D eigenvalue weighted by molar-refractivity contribution is 0.185. The summed E-state index contributed by atoms with van der Waals surface area (Å²) in [6.45, 7) is 3.29. The first kappa shape index (κ1) is 16.3. The van der Waals surface area contributed by atoms with Crippen LogP contribution in [0.4, 0.5) is 10.2 Å². The number of rotatable bonds is 4. The third kappa shape index (κ3) is 2.97. The van der Waals surface area contributed by atoms with Crippen molar-refractivity contribution in [2.45, 2.75) is 19.3 Å². The van der Waals surface area contributed by atoms with Gasteiger partial charge < -0.3 is 19.7 Å². The molecule has 1 aromatic carbocycles. The largest absolute Gasteiger partial charge is 0.493 e. The fourth-order valence-corrected chi connectivity index (χ4v) is 4.05. The molecule has 25 heavy (non-hydrogen) atoms. The predicted molar refractivity (Wildman–Crippen MR) is 94.1 cm³/mol. The number of piperidine rings is 1. The first-order valence-corrected chi connectivity index (χ1v) is 8.72. The fourth-order valence-electron chi connectivity index (χ4n) is 4.05. The summed E-state index contributed by atoms with van der Waals surface area (Å²) in [4.78, 5) is 11.2. The van der Waals surface area contributed by atoms with E-state index in [0.717, 1.165) is 55.7 Å². The normalized spacial score (nSPS) is 19.5. The van der Waals surface area contributed by atoms with Crippen LogP contribution < -0.4 is 19.7 Å². The van der Waals surface area contributed by atoms with Crippen LogP contribution in [0.25, 0.3) is 10.9 Å². The number of halogens is 1. The quantitative estimate of drug-likeness (QED) is 0.918. The van der Waals surface area contributed by atoms with Crippen molar-refractivity contribution in [3.05, 3.63) is 18.5 Å². The number of hydrogen-bond acceptors (Lipinski definition) is 6. The number of anilines is 1. The monoisotopic (exact) mass is 346 g/mol. The molecule has 2 aromatic rings. The SMILES string of the molecule is COc1cc2ncnc(N3CCC4(CCNC4)CC3)c2cc1OCF. The second kappa shape index (κ2) is 6.63. The summed E-state index contributed by atoms with van der Waals surface area (Å²) in [6.07, 6.45) is 5.16. The van der Waals surface area contributed by atoms with E-state index >= 15 is 0 Å². The van der Waals surface area contributed by atoms with Crippen molar-refractivity contribution < 1.29 is 13.9 Å². The molecule has 6 nitrogen and oxygen atoms in total. The van der Waals surface area contributed by atoms with Crippen molar-refractivity contribution >= 4 is 16.7 Å². The minimum Gasteiger partial charge on any atom is -0.493 e. The molecule has 3 heterocycles. The first-order valence-electron chi connectivity index (χ1n) is 8.72. The molecule has 0 bridgehead atoms. The first-order chi connectivity index (χ1) is 12.2. The van der Waals surface area contributed by atoms with Gasteiger partial charge in [-0.15, -0.1) is 0 Å². The lowest BCUT2D eigenvalue weighted by Gasteiger charge is -2.39. The van der Waals surface area contributed by atoms with E-state index < -0.39 is 6.86 Å². The molecule has 2 fully saturated rings. The van der Waals surface area contributed by atoms with Gasteiger partial charge >= 0.3 is 0 Å². The Hall–Kier alpha value is -2.15. The number of ether oxygens (including phenoxy) is 2. The average molecular weight is 346 g/mol. The van der Waals surface area contributed by atoms with Gasteiger partial charge in [-0.05, 0) is 37.3 Å². The molecule has 2 aliphatic heterocycles. The number of benzene rings is 1. The second-order valence-electron chi connectivity index (χ2n) is 6.88. The number of nitrogens with one attached hydrogen (secondary N) is 1. The summed E-state index contributed by atoms with van der Waals surface area (Å²) in [6, 6.07) is 3.56. The van der Waals surface area contributed by atoms with E-state index in [1.165, 1.54) is 13.5 Å². The maximum Gasteiger partial charge on any atom is 0.228 e. The Morgan fingerprint density at radius 1 is 1.20 bits per heavy atom. The van der Waals surface area contributed by atoms with Crippen LogP contribution in [-0.2, 0) is 0 Å². The van der Waals surface area contributed by atoms with Crippen LogP contribution in [0.15, 0.2) is 18.5 Å². The molecule has 0 aliphatic carbocycles. The van der Waals surface area contributed by atoms with Crippen LogP contribution >= 0.6 is 0 Å². The standard InChI is InChI=1S/C18H23FN4O2/c1-24-15-9-14-13(8-16(15)25-11-19)17(22-12-21-14)23-6-3-18(4-7-23)2-5-20-10-18/h8-9,12,20H,2-7,10-11H2,1H3. The summed E-state index contributed by atoms with van der Waals surface area (Å²) < 4.78 is 23.1. The maximum absolute atomic E-state index is 12.7. The molecule has 0 saturated carbocycles. The van der Waals surface area contributed by atoms with E-state index in [2.05, 4.69) is 20.2 Å². The number of methoxy groups -OCH3 is 1. The Kier molecular flexibility index (Phi) is 4.33. The Morgan fingerprint density at radius 3 is 2.72 bits per heavy atom. The summed E-state index contributed by atoms with van der Waals surface area (Å²) in [5, 5.41) is 4.36. The molecule has 2 aliphatic rings. The number of hydrogen-bond donors (Lipinski definition) is 1. The van der Waals surface area contributed by atoms with Crippen LogP contribution in [0.2, 0.25) is 0 Å². The molecule has 7 heteroatoms. The van der Waals surface area contributed by atoms with Crippen LogP contribution in [0.5, 0.6) is 11.5 Å². The number of alkyl halides is 1. The average Bonchev–Trinajstić information content (AvgIpc) is 3.10. The van der Waals surface area contributed by atoms with Crippen LogP contribution in [0.1, 0.15) is 19.3 Å². The lowest BCUT2D eigenvalue weighted by atomic mass is 9.78. The molecule has 2 saturated heterocycles. The van der Waals surface area contributed by atoms with E-state index in [4.69, 9.17) is 9.47 Å². The van der Waals surface area contributed by atoms with E-state index in [9.17, 15) is 4.39 Å². The van der Waals surface area contributed by atoms with Gasteiger partial charge in [0.25, 0.3) is 0 Å². The van der Waals surface area contributed by atoms with Crippen molar-refractivity contribution in [3.63, 3.8) is 0 Å². The number of fused-ring (bicyclic) bond motifs is 1. The van der Waals surface area contributed by atoms with E-state index in [0.29, 0.717) is 16.9 Å². The molecule has 1 aromatic heterocycles. The fraction of sp³-hybridized carbons (Fsp3) is 0.556. The third-order valence-corrected chi connectivity index (χ3v) is 5.57. The van der Waals surface area contributed by atoms with Gasteiger partial charge in [-0.25, -0.2) is 14.4 Å². The smallest absolute Gasteiger partial charge is 0.228 e. The van der Waals surface area contributed by atoms with Crippen molar-refractivity contribution in [1.29, 1.82) is 0 Å². The Labute approximate surface area is 146 Å². The van der Waals surface area contributed by atoms with Gasteiger partial charge in [-0.1, -0.05) is 0 Å². The Bertz CT molecular complexity index is 754. The second-order valence-corrected chi connectivity index (χ2v) is 6.88. The maximum atomic E-state index is 12.7. The summed E-state index contributed by atoms with van der Waals surface area (Å²) in [5.41, 5.74) is 1.22. The molecule has 4 rings (SSSR count). The molecule has 1 N–H and O–H groups in total. The van der Waals surface area contributed by atoms with Crippen molar-refractivity contribution in [2.24, 2.45) is 5.41 Å². The molecule has 134 valence electrons. The molecule has 0 unspecified atom stereocenters. The highest BCUT2D eigenvalue weighted by molar-refractivity contribution is 5.92. The third-order valence-electron chi connectivity index (χ3n) is 5.57. The topological polar surface area (TPSA) is 59.5 Å². The Balaban J connectivity index is 1.66. The minimum absolute atomic E-state index is 0.377. The van der Waals surface area contributed by atoms with Gasteiger partial charge in [-0.2, -0.15) is 0 Å². The van der Waals surface area contributed by atoms with Crippen LogP contribution in [-0.4, -0.2) is 50.1 Å². The van der Waals surface area contributed by atoms with E-state index in [-0.39, 0.29) is 0 Å². The van der Waals surface area contributed by atoms with Gasteiger partial charge in [-0.3, -0.25) is 0 Å². The number of aromatic nitrogens is 2. The Morgan fingerprint density at radius 2 is 2.04 bits per heavy atom. The highest BCUT2D eigenvalue weighted by atomic mass is 19.1. The zero-order chi connectivity index (χ0) is 17.3. The number of nitrogens with zero attached hydrogens (tertiary/aromatic N) is 3. The molecule has 1 spiro atoms. The zero-order valence-electron chi connectivity index (χ0n) is 14.4. The van der Waals surface area contributed by atoms with Gasteiger partial charge in [0, 0.05) is 31.1 Å². The van der Waals surface area contributed by atoms with Gasteiger partial charge in [0.2, 0.25) is 6.86 Å². The predicted octanol–water partition coefficient (Wildman–Crippen LogP) is 2.52. The highest BCUT2D eigenvalue weighted by Crippen LogP contribution is 2.40. The van der Waals surface area contributed by atoms with Crippen LogP contribution in [0.3, 0.4) is 0 Å². The lowest BCUT2D eigenvalue weighted by Crippen LogP contribution is -2.41. The molecular weight excluding hydrogens is 323 g/mol. The van der Waals surface area contributed by atoms with Gasteiger partial charge in [0.1, 0.15) is 12.1 Å². The van der Waals surface area contributed by atoms with Gasteiger partial charge in [0.05, 0.1) is 12.6 Å². The van der Waals surface area contributed by atoms with Crippen molar-refractivity contribution in [3.8, 4) is 11.5 Å². The zero-order valence-corrected chi connectivity index (χ0v) is 14.4. The van der Waals surface area contributed by atoms with Crippen molar-refractivity contribution in [2.75, 3.05) is 45.0 Å². The summed E-state index contributed by atoms with van der Waals surface area (Å²) in [7, 11) is 1.54. The molecule has 0 amide bonds. The van der Waals surface area contributed by atoms with Gasteiger partial charge in [0.15, 0.2) is 11.5 Å².